The summed E-state index contributed by atoms with van der Waals surface area (Å²) in [6, 6.07) is 9.02. The third kappa shape index (κ3) is 2.82. The van der Waals surface area contributed by atoms with Crippen LogP contribution in [0.25, 0.3) is 0 Å². The van der Waals surface area contributed by atoms with Gasteiger partial charge in [-0.05, 0) is 38.2 Å². The first-order valence-electron chi connectivity index (χ1n) is 4.61. The zero-order valence-corrected chi connectivity index (χ0v) is 10.0. The van der Waals surface area contributed by atoms with Crippen LogP contribution >= 0.6 is 15.9 Å². The van der Waals surface area contributed by atoms with Gasteiger partial charge in [-0.15, -0.1) is 0 Å². The van der Waals surface area contributed by atoms with E-state index in [9.17, 15) is 0 Å². The Kier molecular flexibility index (Phi) is 3.94. The molecule has 0 amide bonds. The van der Waals surface area contributed by atoms with Gasteiger partial charge in [0.25, 0.3) is 0 Å². The summed E-state index contributed by atoms with van der Waals surface area (Å²) in [5.41, 5.74) is 1.37. The molecule has 0 saturated heterocycles. The van der Waals surface area contributed by atoms with Gasteiger partial charge in [0.1, 0.15) is 0 Å². The molecule has 0 aliphatic heterocycles. The highest BCUT2D eigenvalue weighted by molar-refractivity contribution is 9.10. The van der Waals surface area contributed by atoms with Gasteiger partial charge in [0, 0.05) is 10.5 Å². The first-order chi connectivity index (χ1) is 6.15. The highest BCUT2D eigenvalue weighted by atomic mass is 79.9. The van der Waals surface area contributed by atoms with Gasteiger partial charge in [-0.1, -0.05) is 35.0 Å². The molecule has 0 heterocycles. The second-order valence-corrected chi connectivity index (χ2v) is 4.22. The molecule has 1 aromatic carbocycles. The van der Waals surface area contributed by atoms with E-state index >= 15 is 0 Å². The van der Waals surface area contributed by atoms with Crippen molar-refractivity contribution >= 4 is 15.9 Å². The van der Waals surface area contributed by atoms with Gasteiger partial charge in [-0.2, -0.15) is 0 Å². The molecule has 0 spiro atoms. The fourth-order valence-electron chi connectivity index (χ4n) is 1.27. The van der Waals surface area contributed by atoms with Crippen molar-refractivity contribution < 1.29 is 0 Å². The summed E-state index contributed by atoms with van der Waals surface area (Å²) in [7, 11) is 2.15. The van der Waals surface area contributed by atoms with Crippen molar-refractivity contribution in [3.63, 3.8) is 0 Å². The predicted octanol–water partition coefficient (Wildman–Crippen LogP) is 3.46. The molecule has 0 aliphatic carbocycles. The molecule has 72 valence electrons. The molecule has 2 heteroatoms. The number of hydrogen-bond donors (Lipinski definition) is 0. The number of halogens is 1. The quantitative estimate of drug-likeness (QED) is 0.784. The Morgan fingerprint density at radius 3 is 2.31 bits per heavy atom. The molecule has 1 rings (SSSR count). The van der Waals surface area contributed by atoms with Crippen LogP contribution in [0.3, 0.4) is 0 Å². The van der Waals surface area contributed by atoms with Crippen molar-refractivity contribution in [2.24, 2.45) is 0 Å². The Balaban J connectivity index is 2.77. The number of rotatable bonds is 3. The summed E-state index contributed by atoms with van der Waals surface area (Å²) < 4.78 is 1.14. The van der Waals surface area contributed by atoms with Crippen LogP contribution in [0.4, 0.5) is 0 Å². The highest BCUT2D eigenvalue weighted by Crippen LogP contribution is 2.20. The van der Waals surface area contributed by atoms with Crippen molar-refractivity contribution in [2.75, 3.05) is 13.6 Å². The zero-order valence-electron chi connectivity index (χ0n) is 8.42. The van der Waals surface area contributed by atoms with Crippen molar-refractivity contribution in [3.05, 3.63) is 34.3 Å². The lowest BCUT2D eigenvalue weighted by Gasteiger charge is -2.23. The molecular formula is C11H16BrN. The Hall–Kier alpha value is -0.340. The fraction of sp³-hybridized carbons (Fsp3) is 0.455. The van der Waals surface area contributed by atoms with Crippen LogP contribution in [0.2, 0.25) is 0 Å². The molecule has 0 saturated carbocycles. The van der Waals surface area contributed by atoms with Crippen LogP contribution in [0.1, 0.15) is 25.5 Å². The molecule has 0 radical (unpaired) electrons. The fourth-order valence-corrected chi connectivity index (χ4v) is 1.53. The van der Waals surface area contributed by atoms with Gasteiger partial charge in [0.2, 0.25) is 0 Å². The highest BCUT2D eigenvalue weighted by Gasteiger charge is 2.08. The van der Waals surface area contributed by atoms with Crippen LogP contribution in [0, 0.1) is 0 Å². The van der Waals surface area contributed by atoms with E-state index in [0.717, 1.165) is 11.0 Å². The molecular weight excluding hydrogens is 226 g/mol. The van der Waals surface area contributed by atoms with Crippen molar-refractivity contribution in [3.8, 4) is 0 Å². The molecule has 0 N–H and O–H groups in total. The standard InChI is InChI=1S/C11H16BrN/c1-4-13(3)9(2)10-5-7-11(12)8-6-10/h5-9H,4H2,1-3H3. The lowest BCUT2D eigenvalue weighted by Crippen LogP contribution is -2.21. The van der Waals surface area contributed by atoms with Crippen LogP contribution in [-0.2, 0) is 0 Å². The van der Waals surface area contributed by atoms with Gasteiger partial charge in [-0.25, -0.2) is 0 Å². The SMILES string of the molecule is CCN(C)C(C)c1ccc(Br)cc1. The van der Waals surface area contributed by atoms with Crippen LogP contribution < -0.4 is 0 Å². The zero-order chi connectivity index (χ0) is 9.84. The van der Waals surface area contributed by atoms with Crippen molar-refractivity contribution in [2.45, 2.75) is 19.9 Å². The normalized spacial score (nSPS) is 13.3. The van der Waals surface area contributed by atoms with Gasteiger partial charge < -0.3 is 0 Å². The average Bonchev–Trinajstić information content (AvgIpc) is 2.17. The van der Waals surface area contributed by atoms with Crippen LogP contribution in [0.15, 0.2) is 28.7 Å². The van der Waals surface area contributed by atoms with Gasteiger partial charge in [0.05, 0.1) is 0 Å². The molecule has 0 aliphatic rings. The predicted molar refractivity (Wildman–Crippen MR) is 60.9 cm³/mol. The van der Waals surface area contributed by atoms with Gasteiger partial charge >= 0.3 is 0 Å². The third-order valence-electron chi connectivity index (χ3n) is 2.51. The first kappa shape index (κ1) is 10.7. The molecule has 1 atom stereocenters. The second-order valence-electron chi connectivity index (χ2n) is 3.30. The first-order valence-corrected chi connectivity index (χ1v) is 5.40. The lowest BCUT2D eigenvalue weighted by molar-refractivity contribution is 0.276. The summed E-state index contributed by atoms with van der Waals surface area (Å²) in [5, 5.41) is 0. The van der Waals surface area contributed by atoms with Gasteiger partial charge in [0.15, 0.2) is 0 Å². The molecule has 13 heavy (non-hydrogen) atoms. The number of benzene rings is 1. The molecule has 1 aromatic rings. The minimum Gasteiger partial charge on any atom is -0.300 e. The second kappa shape index (κ2) is 4.77. The summed E-state index contributed by atoms with van der Waals surface area (Å²) in [6.45, 7) is 5.49. The topological polar surface area (TPSA) is 3.24 Å². The molecule has 0 fully saturated rings. The Bertz CT molecular complexity index is 255. The molecule has 0 bridgehead atoms. The summed E-state index contributed by atoms with van der Waals surface area (Å²) in [4.78, 5) is 2.32. The molecule has 1 nitrogen and oxygen atoms in total. The van der Waals surface area contributed by atoms with E-state index in [4.69, 9.17) is 0 Å². The van der Waals surface area contributed by atoms with Crippen molar-refractivity contribution in [1.29, 1.82) is 0 Å². The van der Waals surface area contributed by atoms with Crippen LogP contribution in [0.5, 0.6) is 0 Å². The maximum atomic E-state index is 3.44. The molecule has 1 unspecified atom stereocenters. The Morgan fingerprint density at radius 1 is 1.31 bits per heavy atom. The smallest absolute Gasteiger partial charge is 0.0316 e. The maximum absolute atomic E-state index is 3.44. The lowest BCUT2D eigenvalue weighted by atomic mass is 10.1. The molecule has 0 aromatic heterocycles. The van der Waals surface area contributed by atoms with E-state index in [1.54, 1.807) is 0 Å². The third-order valence-corrected chi connectivity index (χ3v) is 3.04. The minimum absolute atomic E-state index is 0.498. The summed E-state index contributed by atoms with van der Waals surface area (Å²) >= 11 is 3.44. The Morgan fingerprint density at radius 2 is 1.85 bits per heavy atom. The largest absolute Gasteiger partial charge is 0.300 e. The van der Waals surface area contributed by atoms with Crippen molar-refractivity contribution in [1.82, 2.24) is 4.90 Å². The van der Waals surface area contributed by atoms with E-state index in [0.29, 0.717) is 6.04 Å². The maximum Gasteiger partial charge on any atom is 0.0316 e. The van der Waals surface area contributed by atoms with E-state index in [1.807, 2.05) is 0 Å². The number of nitrogens with zero attached hydrogens (tertiary/aromatic N) is 1. The minimum atomic E-state index is 0.498. The van der Waals surface area contributed by atoms with E-state index in [2.05, 4.69) is 66.0 Å². The van der Waals surface area contributed by atoms with Gasteiger partial charge in [-0.3, -0.25) is 4.90 Å². The Labute approximate surface area is 88.9 Å². The average molecular weight is 242 g/mol. The summed E-state index contributed by atoms with van der Waals surface area (Å²) in [6.07, 6.45) is 0. The van der Waals surface area contributed by atoms with Crippen LogP contribution in [-0.4, -0.2) is 18.5 Å². The van der Waals surface area contributed by atoms with E-state index in [1.165, 1.54) is 5.56 Å². The number of hydrogen-bond acceptors (Lipinski definition) is 1. The van der Waals surface area contributed by atoms with E-state index < -0.39 is 0 Å². The van der Waals surface area contributed by atoms with E-state index in [-0.39, 0.29) is 0 Å². The summed E-state index contributed by atoms with van der Waals surface area (Å²) in [5.74, 6) is 0. The monoisotopic (exact) mass is 241 g/mol.